The number of benzene rings is 1. The van der Waals surface area contributed by atoms with Crippen molar-refractivity contribution in [3.8, 4) is 0 Å². The maximum absolute atomic E-state index is 12.4. The topological polar surface area (TPSA) is 46.2 Å². The van der Waals surface area contributed by atoms with Gasteiger partial charge in [0.05, 0.1) is 11.4 Å². The van der Waals surface area contributed by atoms with Crippen LogP contribution in [0.25, 0.3) is 0 Å². The van der Waals surface area contributed by atoms with E-state index in [4.69, 9.17) is 11.6 Å². The number of ketones is 1. The van der Waals surface area contributed by atoms with Gasteiger partial charge in [0.2, 0.25) is 5.91 Å². The Hall–Kier alpha value is -1.65. The number of carbonyl (C=O) groups excluding carboxylic acids is 2. The summed E-state index contributed by atoms with van der Waals surface area (Å²) in [5.41, 5.74) is 3.60. The van der Waals surface area contributed by atoms with Crippen molar-refractivity contribution in [3.05, 3.63) is 50.2 Å². The molecule has 1 aromatic heterocycles. The zero-order chi connectivity index (χ0) is 13.6. The third kappa shape index (κ3) is 2.07. The first-order valence-electron chi connectivity index (χ1n) is 5.76. The van der Waals surface area contributed by atoms with Gasteiger partial charge in [0.15, 0.2) is 5.78 Å². The molecule has 0 bridgehead atoms. The highest BCUT2D eigenvalue weighted by Crippen LogP contribution is 2.31. The van der Waals surface area contributed by atoms with E-state index in [9.17, 15) is 9.59 Å². The maximum Gasteiger partial charge on any atom is 0.228 e. The minimum Gasteiger partial charge on any atom is -0.325 e. The molecule has 0 saturated carbocycles. The molecule has 2 heterocycles. The Morgan fingerprint density at radius 1 is 1.32 bits per heavy atom. The zero-order valence-electron chi connectivity index (χ0n) is 10.1. The molecule has 0 unspecified atom stereocenters. The highest BCUT2D eigenvalue weighted by atomic mass is 35.5. The van der Waals surface area contributed by atoms with Gasteiger partial charge in [-0.2, -0.15) is 11.3 Å². The number of fused-ring (bicyclic) bond motifs is 1. The number of hydrogen-bond donors (Lipinski definition) is 1. The molecule has 0 fully saturated rings. The van der Waals surface area contributed by atoms with Gasteiger partial charge in [0.1, 0.15) is 0 Å². The molecule has 1 N–H and O–H groups in total. The molecule has 1 aliphatic rings. The van der Waals surface area contributed by atoms with Gasteiger partial charge in [-0.25, -0.2) is 0 Å². The van der Waals surface area contributed by atoms with Crippen LogP contribution in [0.15, 0.2) is 22.9 Å². The van der Waals surface area contributed by atoms with Crippen LogP contribution < -0.4 is 5.32 Å². The van der Waals surface area contributed by atoms with Gasteiger partial charge in [-0.15, -0.1) is 0 Å². The fourth-order valence-electron chi connectivity index (χ4n) is 2.16. The fraction of sp³-hybridized carbons (Fsp3) is 0.143. The van der Waals surface area contributed by atoms with E-state index in [1.165, 1.54) is 11.3 Å². The Labute approximate surface area is 119 Å². The van der Waals surface area contributed by atoms with E-state index < -0.39 is 0 Å². The molecule has 0 saturated heterocycles. The number of rotatable bonds is 2. The second-order valence-electron chi connectivity index (χ2n) is 4.51. The molecule has 0 spiro atoms. The summed E-state index contributed by atoms with van der Waals surface area (Å²) < 4.78 is 0. The predicted octanol–water partition coefficient (Wildman–Crippen LogP) is 3.44. The molecule has 0 radical (unpaired) electrons. The van der Waals surface area contributed by atoms with E-state index >= 15 is 0 Å². The molecular formula is C14H10ClNO2S. The normalized spacial score (nSPS) is 13.3. The molecule has 1 aliphatic heterocycles. The lowest BCUT2D eigenvalue weighted by molar-refractivity contribution is -0.115. The largest absolute Gasteiger partial charge is 0.325 e. The van der Waals surface area contributed by atoms with Crippen LogP contribution in [0, 0.1) is 6.92 Å². The van der Waals surface area contributed by atoms with Crippen molar-refractivity contribution >= 4 is 40.3 Å². The number of halogens is 1. The Morgan fingerprint density at radius 2 is 2.11 bits per heavy atom. The lowest BCUT2D eigenvalue weighted by Crippen LogP contribution is -2.03. The van der Waals surface area contributed by atoms with Crippen LogP contribution in [0.5, 0.6) is 0 Å². The van der Waals surface area contributed by atoms with Gasteiger partial charge < -0.3 is 5.32 Å². The molecule has 5 heteroatoms. The number of aryl methyl sites for hydroxylation is 1. The van der Waals surface area contributed by atoms with Crippen molar-refractivity contribution < 1.29 is 9.59 Å². The zero-order valence-corrected chi connectivity index (χ0v) is 11.7. The molecule has 2 aromatic rings. The SMILES string of the molecule is Cc1cscc1C(=O)c1cc2c(cc1Cl)NC(=O)C2. The Morgan fingerprint density at radius 3 is 2.79 bits per heavy atom. The summed E-state index contributed by atoms with van der Waals surface area (Å²) in [5, 5.41) is 6.84. The maximum atomic E-state index is 12.4. The van der Waals surface area contributed by atoms with E-state index in [2.05, 4.69) is 5.32 Å². The van der Waals surface area contributed by atoms with Crippen molar-refractivity contribution in [1.82, 2.24) is 0 Å². The summed E-state index contributed by atoms with van der Waals surface area (Å²) in [4.78, 5) is 23.8. The molecule has 0 aliphatic carbocycles. The molecule has 1 amide bonds. The van der Waals surface area contributed by atoms with Gasteiger partial charge in [-0.3, -0.25) is 9.59 Å². The molecule has 3 nitrogen and oxygen atoms in total. The van der Waals surface area contributed by atoms with Gasteiger partial charge >= 0.3 is 0 Å². The molecule has 96 valence electrons. The van der Waals surface area contributed by atoms with Gasteiger partial charge in [-0.05, 0) is 35.6 Å². The first kappa shape index (κ1) is 12.4. The van der Waals surface area contributed by atoms with E-state index in [0.29, 0.717) is 28.3 Å². The van der Waals surface area contributed by atoms with E-state index in [1.807, 2.05) is 17.7 Å². The van der Waals surface area contributed by atoms with E-state index in [0.717, 1.165) is 11.1 Å². The summed E-state index contributed by atoms with van der Waals surface area (Å²) in [6, 6.07) is 3.37. The lowest BCUT2D eigenvalue weighted by Gasteiger charge is -2.06. The predicted molar refractivity (Wildman–Crippen MR) is 76.3 cm³/mol. The first-order chi connectivity index (χ1) is 9.06. The van der Waals surface area contributed by atoms with Crippen LogP contribution in [0.1, 0.15) is 27.0 Å². The quantitative estimate of drug-likeness (QED) is 0.862. The van der Waals surface area contributed by atoms with Crippen molar-refractivity contribution in [2.24, 2.45) is 0 Å². The van der Waals surface area contributed by atoms with Crippen LogP contribution in [0.3, 0.4) is 0 Å². The minimum atomic E-state index is -0.0918. The molecular weight excluding hydrogens is 282 g/mol. The van der Waals surface area contributed by atoms with Crippen LogP contribution in [0.4, 0.5) is 5.69 Å². The Bertz CT molecular complexity index is 705. The van der Waals surface area contributed by atoms with Crippen LogP contribution in [-0.4, -0.2) is 11.7 Å². The fourth-order valence-corrected chi connectivity index (χ4v) is 3.24. The average molecular weight is 292 g/mol. The van der Waals surface area contributed by atoms with Crippen molar-refractivity contribution in [2.45, 2.75) is 13.3 Å². The summed E-state index contributed by atoms with van der Waals surface area (Å²) in [7, 11) is 0. The summed E-state index contributed by atoms with van der Waals surface area (Å²) in [6.45, 7) is 1.90. The average Bonchev–Trinajstić information content (AvgIpc) is 2.92. The van der Waals surface area contributed by atoms with E-state index in [1.54, 1.807) is 12.1 Å². The number of thiophene rings is 1. The van der Waals surface area contributed by atoms with Gasteiger partial charge in [0, 0.05) is 22.2 Å². The number of carbonyl (C=O) groups is 2. The monoisotopic (exact) mass is 291 g/mol. The van der Waals surface area contributed by atoms with Crippen molar-refractivity contribution in [1.29, 1.82) is 0 Å². The minimum absolute atomic E-state index is 0.0672. The Kier molecular flexibility index (Phi) is 2.92. The van der Waals surface area contributed by atoms with Gasteiger partial charge in [0.25, 0.3) is 0 Å². The van der Waals surface area contributed by atoms with Crippen LogP contribution >= 0.6 is 22.9 Å². The Balaban J connectivity index is 2.07. The molecule has 0 atom stereocenters. The van der Waals surface area contributed by atoms with Crippen molar-refractivity contribution in [3.63, 3.8) is 0 Å². The molecule has 19 heavy (non-hydrogen) atoms. The summed E-state index contributed by atoms with van der Waals surface area (Å²) in [5.74, 6) is -0.159. The van der Waals surface area contributed by atoms with Crippen molar-refractivity contribution in [2.75, 3.05) is 5.32 Å². The first-order valence-corrected chi connectivity index (χ1v) is 7.08. The van der Waals surface area contributed by atoms with E-state index in [-0.39, 0.29) is 11.7 Å². The number of amides is 1. The third-order valence-corrected chi connectivity index (χ3v) is 4.34. The standard InChI is InChI=1S/C14H10ClNO2S/c1-7-5-19-6-10(7)14(18)9-2-8-3-13(17)16-12(8)4-11(9)15/h2,4-6H,3H2,1H3,(H,16,17). The number of nitrogens with one attached hydrogen (secondary N) is 1. The highest BCUT2D eigenvalue weighted by Gasteiger charge is 2.23. The van der Waals surface area contributed by atoms with Gasteiger partial charge in [-0.1, -0.05) is 11.6 Å². The second kappa shape index (κ2) is 4.47. The highest BCUT2D eigenvalue weighted by molar-refractivity contribution is 7.08. The summed E-state index contributed by atoms with van der Waals surface area (Å²) >= 11 is 7.64. The van der Waals surface area contributed by atoms with Crippen LogP contribution in [0.2, 0.25) is 5.02 Å². The van der Waals surface area contributed by atoms with Crippen LogP contribution in [-0.2, 0) is 11.2 Å². The molecule has 1 aromatic carbocycles. The number of anilines is 1. The smallest absolute Gasteiger partial charge is 0.228 e. The second-order valence-corrected chi connectivity index (χ2v) is 5.66. The molecule has 3 rings (SSSR count). The summed E-state index contributed by atoms with van der Waals surface area (Å²) in [6.07, 6.45) is 0.301. The third-order valence-electron chi connectivity index (χ3n) is 3.16. The number of hydrogen-bond acceptors (Lipinski definition) is 3. The lowest BCUT2D eigenvalue weighted by atomic mass is 10.00.